The lowest BCUT2D eigenvalue weighted by atomic mass is 10.1. The van der Waals surface area contributed by atoms with Gasteiger partial charge in [0.2, 0.25) is 0 Å². The van der Waals surface area contributed by atoms with Gasteiger partial charge in [0.1, 0.15) is 0 Å². The first-order valence-electron chi connectivity index (χ1n) is 5.29. The van der Waals surface area contributed by atoms with E-state index in [0.717, 1.165) is 16.7 Å². The van der Waals surface area contributed by atoms with Crippen molar-refractivity contribution in [3.63, 3.8) is 0 Å². The van der Waals surface area contributed by atoms with E-state index in [-0.39, 0.29) is 0 Å². The number of rotatable bonds is 4. The predicted octanol–water partition coefficient (Wildman–Crippen LogP) is 3.10. The summed E-state index contributed by atoms with van der Waals surface area (Å²) in [6.45, 7) is 4.45. The lowest BCUT2D eigenvalue weighted by Crippen LogP contribution is -2.43. The van der Waals surface area contributed by atoms with Crippen LogP contribution >= 0.6 is 23.4 Å². The fourth-order valence-corrected chi connectivity index (χ4v) is 3.11. The fraction of sp³-hybridized carbons (Fsp3) is 0.500. The molecule has 1 fully saturated rings. The van der Waals surface area contributed by atoms with Gasteiger partial charge in [-0.1, -0.05) is 23.7 Å². The second kappa shape index (κ2) is 5.24. The van der Waals surface area contributed by atoms with Gasteiger partial charge in [0, 0.05) is 10.8 Å². The number of aryl methyl sites for hydroxylation is 1. The average molecular weight is 242 g/mol. The Balaban J connectivity index is 1.81. The van der Waals surface area contributed by atoms with E-state index in [1.54, 1.807) is 0 Å². The number of hydrogen-bond donors (Lipinski definition) is 1. The van der Waals surface area contributed by atoms with Crippen molar-refractivity contribution >= 4 is 23.4 Å². The molecule has 0 aromatic heterocycles. The summed E-state index contributed by atoms with van der Waals surface area (Å²) in [4.78, 5) is 0. The first-order valence-corrected chi connectivity index (χ1v) is 6.82. The van der Waals surface area contributed by atoms with Gasteiger partial charge in [-0.15, -0.1) is 0 Å². The number of thioether (sulfide) groups is 1. The van der Waals surface area contributed by atoms with Gasteiger partial charge in [-0.2, -0.15) is 11.8 Å². The van der Waals surface area contributed by atoms with E-state index in [4.69, 9.17) is 11.6 Å². The molecule has 1 N–H and O–H groups in total. The SMILES string of the molecule is Cc1ccc(CSCC2CNC2)c(Cl)c1. The normalized spacial score (nSPS) is 16.4. The highest BCUT2D eigenvalue weighted by atomic mass is 35.5. The van der Waals surface area contributed by atoms with Gasteiger partial charge in [-0.25, -0.2) is 0 Å². The van der Waals surface area contributed by atoms with Crippen LogP contribution in [0.15, 0.2) is 18.2 Å². The van der Waals surface area contributed by atoms with Crippen LogP contribution in [0.3, 0.4) is 0 Å². The van der Waals surface area contributed by atoms with E-state index in [0.29, 0.717) is 0 Å². The average Bonchev–Trinajstić information content (AvgIpc) is 2.12. The van der Waals surface area contributed by atoms with Crippen LogP contribution < -0.4 is 5.32 Å². The molecule has 1 saturated heterocycles. The van der Waals surface area contributed by atoms with Crippen molar-refractivity contribution in [2.45, 2.75) is 12.7 Å². The second-order valence-electron chi connectivity index (χ2n) is 4.13. The minimum Gasteiger partial charge on any atom is -0.316 e. The highest BCUT2D eigenvalue weighted by molar-refractivity contribution is 7.98. The quantitative estimate of drug-likeness (QED) is 0.870. The summed E-state index contributed by atoms with van der Waals surface area (Å²) in [6, 6.07) is 6.32. The lowest BCUT2D eigenvalue weighted by molar-refractivity contribution is 0.385. The Hall–Kier alpha value is -0.180. The molecule has 82 valence electrons. The fourth-order valence-electron chi connectivity index (χ4n) is 1.57. The number of nitrogens with one attached hydrogen (secondary N) is 1. The van der Waals surface area contributed by atoms with E-state index in [1.807, 2.05) is 17.8 Å². The topological polar surface area (TPSA) is 12.0 Å². The van der Waals surface area contributed by atoms with Gasteiger partial charge >= 0.3 is 0 Å². The number of hydrogen-bond acceptors (Lipinski definition) is 2. The molecule has 1 heterocycles. The van der Waals surface area contributed by atoms with Crippen LogP contribution in [-0.4, -0.2) is 18.8 Å². The van der Waals surface area contributed by atoms with Crippen LogP contribution in [0, 0.1) is 12.8 Å². The summed E-state index contributed by atoms with van der Waals surface area (Å²) in [5, 5.41) is 4.20. The Bertz CT molecular complexity index is 336. The molecule has 3 heteroatoms. The summed E-state index contributed by atoms with van der Waals surface area (Å²) in [5.74, 6) is 3.16. The first-order chi connectivity index (χ1) is 7.25. The molecular formula is C12H16ClNS. The van der Waals surface area contributed by atoms with Gasteiger partial charge in [0.25, 0.3) is 0 Å². The molecule has 0 amide bonds. The third kappa shape index (κ3) is 3.13. The minimum absolute atomic E-state index is 0.874. The molecule has 0 bridgehead atoms. The molecule has 1 aliphatic heterocycles. The Morgan fingerprint density at radius 3 is 2.87 bits per heavy atom. The van der Waals surface area contributed by atoms with E-state index in [1.165, 1.54) is 30.0 Å². The van der Waals surface area contributed by atoms with Crippen LogP contribution in [-0.2, 0) is 5.75 Å². The molecular weight excluding hydrogens is 226 g/mol. The largest absolute Gasteiger partial charge is 0.316 e. The molecule has 1 aliphatic rings. The van der Waals surface area contributed by atoms with Gasteiger partial charge < -0.3 is 5.32 Å². The van der Waals surface area contributed by atoms with Crippen molar-refractivity contribution in [2.75, 3.05) is 18.8 Å². The van der Waals surface area contributed by atoms with Crippen LogP contribution in [0.5, 0.6) is 0 Å². The molecule has 0 atom stereocenters. The molecule has 0 spiro atoms. The maximum Gasteiger partial charge on any atom is 0.0449 e. The highest BCUT2D eigenvalue weighted by Gasteiger charge is 2.16. The zero-order chi connectivity index (χ0) is 10.7. The number of benzene rings is 1. The molecule has 0 aliphatic carbocycles. The lowest BCUT2D eigenvalue weighted by Gasteiger charge is -2.26. The highest BCUT2D eigenvalue weighted by Crippen LogP contribution is 2.24. The molecule has 1 aromatic carbocycles. The monoisotopic (exact) mass is 241 g/mol. The van der Waals surface area contributed by atoms with E-state index >= 15 is 0 Å². The molecule has 0 unspecified atom stereocenters. The van der Waals surface area contributed by atoms with Gasteiger partial charge in [-0.3, -0.25) is 0 Å². The van der Waals surface area contributed by atoms with Crippen LogP contribution in [0.2, 0.25) is 5.02 Å². The van der Waals surface area contributed by atoms with Crippen molar-refractivity contribution in [3.05, 3.63) is 34.3 Å². The second-order valence-corrected chi connectivity index (χ2v) is 5.57. The van der Waals surface area contributed by atoms with Crippen LogP contribution in [0.25, 0.3) is 0 Å². The number of halogens is 1. The summed E-state index contributed by atoms with van der Waals surface area (Å²) in [5.41, 5.74) is 2.50. The van der Waals surface area contributed by atoms with Crippen LogP contribution in [0.1, 0.15) is 11.1 Å². The Morgan fingerprint density at radius 2 is 2.27 bits per heavy atom. The Labute approximate surface area is 101 Å². The van der Waals surface area contributed by atoms with Crippen molar-refractivity contribution in [2.24, 2.45) is 5.92 Å². The van der Waals surface area contributed by atoms with E-state index in [9.17, 15) is 0 Å². The standard InChI is InChI=1S/C12H16ClNS/c1-9-2-3-11(12(13)4-9)8-15-7-10-5-14-6-10/h2-4,10,14H,5-8H2,1H3. The zero-order valence-electron chi connectivity index (χ0n) is 8.92. The molecule has 1 aromatic rings. The zero-order valence-corrected chi connectivity index (χ0v) is 10.5. The Morgan fingerprint density at radius 1 is 1.47 bits per heavy atom. The Kier molecular flexibility index (Phi) is 3.95. The summed E-state index contributed by atoms with van der Waals surface area (Å²) < 4.78 is 0. The summed E-state index contributed by atoms with van der Waals surface area (Å²) >= 11 is 8.15. The van der Waals surface area contributed by atoms with Crippen molar-refractivity contribution in [3.8, 4) is 0 Å². The molecule has 0 saturated carbocycles. The smallest absolute Gasteiger partial charge is 0.0449 e. The van der Waals surface area contributed by atoms with Crippen molar-refractivity contribution < 1.29 is 0 Å². The van der Waals surface area contributed by atoms with Gasteiger partial charge in [-0.05, 0) is 48.9 Å². The third-order valence-corrected chi connectivity index (χ3v) is 4.26. The molecule has 2 rings (SSSR count). The maximum absolute atomic E-state index is 6.17. The minimum atomic E-state index is 0.874. The van der Waals surface area contributed by atoms with Crippen molar-refractivity contribution in [1.29, 1.82) is 0 Å². The summed E-state index contributed by atoms with van der Waals surface area (Å²) in [6.07, 6.45) is 0. The third-order valence-electron chi connectivity index (χ3n) is 2.69. The molecule has 15 heavy (non-hydrogen) atoms. The van der Waals surface area contributed by atoms with E-state index < -0.39 is 0 Å². The molecule has 1 nitrogen and oxygen atoms in total. The molecule has 0 radical (unpaired) electrons. The van der Waals surface area contributed by atoms with Crippen molar-refractivity contribution in [1.82, 2.24) is 5.32 Å². The van der Waals surface area contributed by atoms with E-state index in [2.05, 4.69) is 24.4 Å². The van der Waals surface area contributed by atoms with Gasteiger partial charge in [0.05, 0.1) is 0 Å². The summed E-state index contributed by atoms with van der Waals surface area (Å²) in [7, 11) is 0. The maximum atomic E-state index is 6.17. The van der Waals surface area contributed by atoms with Gasteiger partial charge in [0.15, 0.2) is 0 Å². The predicted molar refractivity (Wildman–Crippen MR) is 68.7 cm³/mol. The van der Waals surface area contributed by atoms with Crippen LogP contribution in [0.4, 0.5) is 0 Å². The first kappa shape index (κ1) is 11.3.